The Labute approximate surface area is 216 Å². The Morgan fingerprint density at radius 1 is 1.24 bits per heavy atom. The number of nitrogens with zero attached hydrogens (tertiary/aromatic N) is 5. The van der Waals surface area contributed by atoms with E-state index in [1.165, 1.54) is 24.7 Å². The molecule has 5 aromatic rings. The molecule has 0 aliphatic rings. The summed E-state index contributed by atoms with van der Waals surface area (Å²) in [5, 5.41) is 8.13. The first-order chi connectivity index (χ1) is 17.8. The van der Waals surface area contributed by atoms with Gasteiger partial charge in [0.2, 0.25) is 0 Å². The Kier molecular flexibility index (Phi) is 6.58. The number of oxazole rings is 1. The van der Waals surface area contributed by atoms with Crippen LogP contribution in [0.4, 0.5) is 4.39 Å². The van der Waals surface area contributed by atoms with Gasteiger partial charge in [0.1, 0.15) is 42.1 Å². The normalized spacial score (nSPS) is 12.0. The second-order valence-corrected chi connectivity index (χ2v) is 8.87. The van der Waals surface area contributed by atoms with Crippen LogP contribution in [0.25, 0.3) is 16.6 Å². The van der Waals surface area contributed by atoms with Gasteiger partial charge in [-0.1, -0.05) is 23.7 Å². The van der Waals surface area contributed by atoms with Crippen molar-refractivity contribution in [2.24, 2.45) is 0 Å². The van der Waals surface area contributed by atoms with Crippen LogP contribution >= 0.6 is 11.6 Å². The van der Waals surface area contributed by atoms with Crippen LogP contribution in [0, 0.1) is 19.7 Å². The number of hydrogen-bond acceptors (Lipinski definition) is 7. The van der Waals surface area contributed by atoms with E-state index >= 15 is 0 Å². The lowest BCUT2D eigenvalue weighted by Crippen LogP contribution is -2.28. The summed E-state index contributed by atoms with van der Waals surface area (Å²) in [6, 6.07) is 9.48. The van der Waals surface area contributed by atoms with Gasteiger partial charge >= 0.3 is 0 Å². The summed E-state index contributed by atoms with van der Waals surface area (Å²) in [5.41, 5.74) is 3.37. The highest BCUT2D eigenvalue weighted by molar-refractivity contribution is 6.31. The van der Waals surface area contributed by atoms with E-state index in [0.29, 0.717) is 22.4 Å². The lowest BCUT2D eigenvalue weighted by Gasteiger charge is -2.20. The molecular formula is C26H22ClFN6O3. The second-order valence-electron chi connectivity index (χ2n) is 8.47. The SMILES string of the molecule is Cc1cc(-n2ncnc2C)c2cccc(OCc3c(Cl)cc(F)cc3[C@H](C)NC(=O)c3cocn3)c2n1. The summed E-state index contributed by atoms with van der Waals surface area (Å²) in [5.74, 6) is 0.271. The predicted octanol–water partition coefficient (Wildman–Crippen LogP) is 5.28. The van der Waals surface area contributed by atoms with Gasteiger partial charge in [0.25, 0.3) is 5.91 Å². The average molecular weight is 521 g/mol. The minimum Gasteiger partial charge on any atom is -0.487 e. The van der Waals surface area contributed by atoms with Crippen LogP contribution in [0.15, 0.2) is 59.8 Å². The molecule has 11 heteroatoms. The maximum Gasteiger partial charge on any atom is 0.273 e. The smallest absolute Gasteiger partial charge is 0.273 e. The van der Waals surface area contributed by atoms with Crippen molar-refractivity contribution in [1.82, 2.24) is 30.0 Å². The standard InChI is InChI=1S/C26H22ClFN6O3/c1-14-7-23(34-16(3)29-12-31-34)18-5-4-6-24(25(18)32-14)37-10-20-19(8-17(28)9-21(20)27)15(2)33-26(35)22-11-36-13-30-22/h4-9,11-13,15H,10H2,1-3H3,(H,33,35)/t15-/m0/s1. The molecule has 9 nitrogen and oxygen atoms in total. The van der Waals surface area contributed by atoms with Crippen LogP contribution in [0.5, 0.6) is 5.75 Å². The van der Waals surface area contributed by atoms with Crippen molar-refractivity contribution >= 4 is 28.4 Å². The number of aryl methyl sites for hydroxylation is 2. The topological polar surface area (TPSA) is 108 Å². The molecular weight excluding hydrogens is 499 g/mol. The van der Waals surface area contributed by atoms with Crippen LogP contribution in [0.3, 0.4) is 0 Å². The first kappa shape index (κ1) is 24.4. The van der Waals surface area contributed by atoms with Crippen molar-refractivity contribution in [2.75, 3.05) is 0 Å². The first-order valence-electron chi connectivity index (χ1n) is 11.4. The van der Waals surface area contributed by atoms with Crippen LogP contribution in [0.1, 0.15) is 46.1 Å². The third-order valence-electron chi connectivity index (χ3n) is 5.90. The summed E-state index contributed by atoms with van der Waals surface area (Å²) in [4.78, 5) is 25.2. The number of halogens is 2. The van der Waals surface area contributed by atoms with Crippen LogP contribution in [0.2, 0.25) is 5.02 Å². The largest absolute Gasteiger partial charge is 0.487 e. The van der Waals surface area contributed by atoms with Gasteiger partial charge in [0, 0.05) is 16.6 Å². The van der Waals surface area contributed by atoms with Crippen molar-refractivity contribution in [3.8, 4) is 11.4 Å². The number of benzene rings is 2. The molecule has 0 unspecified atom stereocenters. The van der Waals surface area contributed by atoms with E-state index in [1.54, 1.807) is 17.7 Å². The molecule has 2 aromatic carbocycles. The molecule has 0 fully saturated rings. The van der Waals surface area contributed by atoms with E-state index in [-0.39, 0.29) is 17.3 Å². The quantitative estimate of drug-likeness (QED) is 0.311. The van der Waals surface area contributed by atoms with Crippen molar-refractivity contribution in [2.45, 2.75) is 33.4 Å². The van der Waals surface area contributed by atoms with Crippen LogP contribution in [-0.4, -0.2) is 30.6 Å². The van der Waals surface area contributed by atoms with Crippen molar-refractivity contribution in [3.05, 3.63) is 94.6 Å². The number of rotatable bonds is 7. The summed E-state index contributed by atoms with van der Waals surface area (Å²) in [6.07, 6.45) is 3.89. The molecule has 0 spiro atoms. The zero-order valence-corrected chi connectivity index (χ0v) is 21.0. The molecule has 188 valence electrons. The zero-order chi connectivity index (χ0) is 26.1. The minimum absolute atomic E-state index is 0.0189. The third kappa shape index (κ3) is 4.88. The van der Waals surface area contributed by atoms with Crippen molar-refractivity contribution in [3.63, 3.8) is 0 Å². The number of para-hydroxylation sites is 1. The lowest BCUT2D eigenvalue weighted by atomic mass is 10.0. The van der Waals surface area contributed by atoms with Crippen molar-refractivity contribution in [1.29, 1.82) is 0 Å². The first-order valence-corrected chi connectivity index (χ1v) is 11.8. The van der Waals surface area contributed by atoms with Crippen LogP contribution in [-0.2, 0) is 6.61 Å². The Bertz CT molecular complexity index is 1600. The van der Waals surface area contributed by atoms with E-state index in [9.17, 15) is 9.18 Å². The van der Waals surface area contributed by atoms with Gasteiger partial charge < -0.3 is 14.5 Å². The number of fused-ring (bicyclic) bond motifs is 1. The van der Waals surface area contributed by atoms with Gasteiger partial charge in [-0.15, -0.1) is 0 Å². The zero-order valence-electron chi connectivity index (χ0n) is 20.2. The van der Waals surface area contributed by atoms with Gasteiger partial charge in [-0.05, 0) is 50.6 Å². The highest BCUT2D eigenvalue weighted by atomic mass is 35.5. The predicted molar refractivity (Wildman–Crippen MR) is 134 cm³/mol. The number of hydrogen-bond donors (Lipinski definition) is 1. The fraction of sp³-hybridized carbons (Fsp3) is 0.192. The summed E-state index contributed by atoms with van der Waals surface area (Å²) >= 11 is 6.44. The van der Waals surface area contributed by atoms with Gasteiger partial charge in [-0.2, -0.15) is 5.10 Å². The molecule has 1 amide bonds. The number of pyridine rings is 1. The highest BCUT2D eigenvalue weighted by Crippen LogP contribution is 2.32. The lowest BCUT2D eigenvalue weighted by molar-refractivity contribution is 0.0934. The number of nitrogens with one attached hydrogen (secondary N) is 1. The van der Waals surface area contributed by atoms with Gasteiger partial charge in [-0.25, -0.2) is 24.0 Å². The van der Waals surface area contributed by atoms with Crippen LogP contribution < -0.4 is 10.1 Å². The number of carbonyl (C=O) groups excluding carboxylic acids is 1. The monoisotopic (exact) mass is 520 g/mol. The molecule has 0 aliphatic heterocycles. The molecule has 0 bridgehead atoms. The number of aromatic nitrogens is 5. The fourth-order valence-corrected chi connectivity index (χ4v) is 4.41. The molecule has 37 heavy (non-hydrogen) atoms. The van der Waals surface area contributed by atoms with E-state index in [2.05, 4.69) is 20.4 Å². The Morgan fingerprint density at radius 2 is 2.08 bits per heavy atom. The Hall–Kier alpha value is -4.31. The average Bonchev–Trinajstić information content (AvgIpc) is 3.55. The van der Waals surface area contributed by atoms with Gasteiger partial charge in [0.05, 0.1) is 16.8 Å². The second kappa shape index (κ2) is 9.98. The number of carbonyl (C=O) groups is 1. The highest BCUT2D eigenvalue weighted by Gasteiger charge is 2.20. The molecule has 0 radical (unpaired) electrons. The van der Waals surface area contributed by atoms with E-state index in [4.69, 9.17) is 25.7 Å². The third-order valence-corrected chi connectivity index (χ3v) is 6.24. The summed E-state index contributed by atoms with van der Waals surface area (Å²) in [7, 11) is 0. The maximum atomic E-state index is 14.3. The number of ether oxygens (including phenoxy) is 1. The molecule has 0 aliphatic carbocycles. The minimum atomic E-state index is -0.592. The summed E-state index contributed by atoms with van der Waals surface area (Å²) < 4.78 is 27.1. The molecule has 5 rings (SSSR count). The van der Waals surface area contributed by atoms with Gasteiger partial charge in [0.15, 0.2) is 12.1 Å². The Balaban J connectivity index is 1.48. The maximum absolute atomic E-state index is 14.3. The molecule has 0 saturated heterocycles. The van der Waals surface area contributed by atoms with E-state index in [0.717, 1.165) is 29.0 Å². The van der Waals surface area contributed by atoms with Gasteiger partial charge in [-0.3, -0.25) is 4.79 Å². The molecule has 1 N–H and O–H groups in total. The Morgan fingerprint density at radius 3 is 2.81 bits per heavy atom. The molecule has 3 heterocycles. The fourth-order valence-electron chi connectivity index (χ4n) is 4.14. The van der Waals surface area contributed by atoms with E-state index in [1.807, 2.05) is 32.0 Å². The number of amides is 1. The van der Waals surface area contributed by atoms with E-state index < -0.39 is 17.8 Å². The summed E-state index contributed by atoms with van der Waals surface area (Å²) in [6.45, 7) is 5.50. The molecule has 3 aromatic heterocycles. The molecule has 0 saturated carbocycles. The van der Waals surface area contributed by atoms with Crippen molar-refractivity contribution < 1.29 is 18.3 Å². The molecule has 1 atom stereocenters.